The zero-order valence-corrected chi connectivity index (χ0v) is 21.3. The van der Waals surface area contributed by atoms with Crippen LogP contribution in [0.4, 0.5) is 5.69 Å². The number of allylic oxidation sites excluding steroid dienone is 1. The van der Waals surface area contributed by atoms with E-state index in [0.717, 1.165) is 33.5 Å². The number of H-pyrrole nitrogens is 1. The van der Waals surface area contributed by atoms with Crippen molar-refractivity contribution in [1.82, 2.24) is 9.55 Å². The smallest absolute Gasteiger partial charge is 0.335 e. The molecule has 36 heavy (non-hydrogen) atoms. The van der Waals surface area contributed by atoms with Crippen LogP contribution in [-0.4, -0.2) is 20.9 Å². The molecule has 0 radical (unpaired) electrons. The van der Waals surface area contributed by atoms with E-state index in [2.05, 4.69) is 38.0 Å². The minimum absolute atomic E-state index is 0.0223. The molecule has 4 saturated carbocycles. The molecule has 2 aromatic carbocycles. The van der Waals surface area contributed by atoms with Crippen molar-refractivity contribution in [1.29, 1.82) is 0 Å². The molecule has 4 fully saturated rings. The van der Waals surface area contributed by atoms with E-state index in [9.17, 15) is 14.7 Å². The number of hydrogen-bond donors (Lipinski definition) is 2. The molecule has 5 aliphatic rings. The summed E-state index contributed by atoms with van der Waals surface area (Å²) in [5.74, 6) is 2.17. The van der Waals surface area contributed by atoms with Gasteiger partial charge < -0.3 is 5.11 Å². The predicted molar refractivity (Wildman–Crippen MR) is 144 cm³/mol. The van der Waals surface area contributed by atoms with Crippen molar-refractivity contribution in [3.8, 4) is 11.6 Å². The number of aromatic hydroxyl groups is 1. The number of aromatic amines is 1. The van der Waals surface area contributed by atoms with Crippen molar-refractivity contribution < 1.29 is 5.11 Å². The highest BCUT2D eigenvalue weighted by Gasteiger charge is 2.51. The average Bonchev–Trinajstić information content (AvgIpc) is 3.23. The summed E-state index contributed by atoms with van der Waals surface area (Å²) in [6.07, 6.45) is 11.2. The van der Waals surface area contributed by atoms with Crippen molar-refractivity contribution in [2.75, 3.05) is 0 Å². The van der Waals surface area contributed by atoms with E-state index in [1.807, 2.05) is 30.3 Å². The van der Waals surface area contributed by atoms with Crippen molar-refractivity contribution in [3.05, 3.63) is 84.5 Å². The summed E-state index contributed by atoms with van der Waals surface area (Å²) < 4.78 is 2.06. The largest absolute Gasteiger partial charge is 0.494 e. The molecule has 0 atom stereocenters. The third-order valence-electron chi connectivity index (χ3n) is 8.81. The lowest BCUT2D eigenvalue weighted by atomic mass is 9.48. The van der Waals surface area contributed by atoms with Crippen molar-refractivity contribution in [2.45, 2.75) is 43.9 Å². The van der Waals surface area contributed by atoms with E-state index in [1.54, 1.807) is 12.3 Å². The molecule has 8 rings (SSSR count). The van der Waals surface area contributed by atoms with Crippen LogP contribution >= 0.6 is 15.9 Å². The van der Waals surface area contributed by atoms with Gasteiger partial charge in [-0.3, -0.25) is 14.8 Å². The van der Waals surface area contributed by atoms with Gasteiger partial charge in [0.1, 0.15) is 5.56 Å². The maximum Gasteiger partial charge on any atom is 0.335 e. The van der Waals surface area contributed by atoms with Gasteiger partial charge in [-0.05, 0) is 104 Å². The van der Waals surface area contributed by atoms with Gasteiger partial charge in [-0.25, -0.2) is 9.36 Å². The van der Waals surface area contributed by atoms with Gasteiger partial charge in [0, 0.05) is 21.8 Å². The van der Waals surface area contributed by atoms with E-state index < -0.39 is 11.2 Å². The second-order valence-corrected chi connectivity index (χ2v) is 12.0. The Bertz CT molecular complexity index is 1540. The molecule has 0 unspecified atom stereocenters. The monoisotopic (exact) mass is 543 g/mol. The summed E-state index contributed by atoms with van der Waals surface area (Å²) in [7, 11) is 0. The van der Waals surface area contributed by atoms with E-state index in [4.69, 9.17) is 0 Å². The Morgan fingerprint density at radius 2 is 1.67 bits per heavy atom. The first-order chi connectivity index (χ1) is 17.4. The highest BCUT2D eigenvalue weighted by atomic mass is 79.9. The van der Waals surface area contributed by atoms with Gasteiger partial charge in [-0.2, -0.15) is 0 Å². The Morgan fingerprint density at radius 3 is 2.33 bits per heavy atom. The highest BCUT2D eigenvalue weighted by Crippen LogP contribution is 2.60. The van der Waals surface area contributed by atoms with Crippen LogP contribution < -0.4 is 11.2 Å². The van der Waals surface area contributed by atoms with Gasteiger partial charge in [-0.1, -0.05) is 28.1 Å². The van der Waals surface area contributed by atoms with Crippen LogP contribution in [0.25, 0.3) is 17.3 Å². The fourth-order valence-electron chi connectivity index (χ4n) is 7.67. The Kier molecular flexibility index (Phi) is 4.84. The fourth-order valence-corrected chi connectivity index (χ4v) is 8.03. The molecule has 6 nitrogen and oxygen atoms in total. The van der Waals surface area contributed by atoms with E-state index in [0.29, 0.717) is 11.3 Å². The second kappa shape index (κ2) is 7.90. The zero-order chi connectivity index (χ0) is 24.6. The molecule has 1 aliphatic heterocycles. The summed E-state index contributed by atoms with van der Waals surface area (Å²) >= 11 is 3.47. The number of hydrogen-bond acceptors (Lipinski definition) is 4. The maximum absolute atomic E-state index is 12.8. The van der Waals surface area contributed by atoms with Gasteiger partial charge in [0.15, 0.2) is 0 Å². The topological polar surface area (TPSA) is 87.5 Å². The molecule has 7 heteroatoms. The van der Waals surface area contributed by atoms with Gasteiger partial charge >= 0.3 is 5.69 Å². The highest BCUT2D eigenvalue weighted by molar-refractivity contribution is 9.10. The summed E-state index contributed by atoms with van der Waals surface area (Å²) in [6.45, 7) is 0. The molecular weight excluding hydrogens is 518 g/mol. The number of halogens is 1. The minimum Gasteiger partial charge on any atom is -0.494 e. The molecule has 2 heterocycles. The van der Waals surface area contributed by atoms with Crippen LogP contribution in [0.2, 0.25) is 0 Å². The standard InChI is InChI=1S/C29H26BrN3O3/c30-21-3-6-25-23(11-21)19(15-31-25)10-24-26(34)32-28(36)33(27(24)35)22-4-1-20(2-5-22)29-12-16-7-17(13-29)9-18(8-16)14-29/h1-6,10-11,15-18,35H,7-9,12-14H2,(H,32,34,36)/b19-10-. The van der Waals surface area contributed by atoms with Crippen LogP contribution in [0.15, 0.2) is 61.5 Å². The van der Waals surface area contributed by atoms with Gasteiger partial charge in [-0.15, -0.1) is 0 Å². The zero-order valence-electron chi connectivity index (χ0n) is 19.7. The molecule has 3 aromatic rings. The molecule has 2 N–H and O–H groups in total. The van der Waals surface area contributed by atoms with Gasteiger partial charge in [0.25, 0.3) is 5.56 Å². The van der Waals surface area contributed by atoms with E-state index in [1.165, 1.54) is 48.7 Å². The fraction of sp³-hybridized carbons (Fsp3) is 0.345. The molecule has 0 saturated heterocycles. The summed E-state index contributed by atoms with van der Waals surface area (Å²) in [5.41, 5.74) is 3.18. The van der Waals surface area contributed by atoms with Crippen LogP contribution in [0, 0.1) is 17.8 Å². The molecule has 0 spiro atoms. The average molecular weight is 544 g/mol. The van der Waals surface area contributed by atoms with Gasteiger partial charge in [0.2, 0.25) is 5.88 Å². The molecular formula is C29H26BrN3O3. The lowest BCUT2D eigenvalue weighted by Gasteiger charge is -2.57. The van der Waals surface area contributed by atoms with Crippen LogP contribution in [0.5, 0.6) is 5.88 Å². The number of benzene rings is 2. The number of aromatic nitrogens is 2. The van der Waals surface area contributed by atoms with Crippen LogP contribution in [-0.2, 0) is 5.41 Å². The normalized spacial score (nSPS) is 28.7. The Labute approximate surface area is 216 Å². The van der Waals surface area contributed by atoms with Gasteiger partial charge in [0.05, 0.1) is 11.4 Å². The first-order valence-corrected chi connectivity index (χ1v) is 13.4. The Hall–Kier alpha value is -3.19. The summed E-state index contributed by atoms with van der Waals surface area (Å²) in [6, 6.07) is 13.7. The summed E-state index contributed by atoms with van der Waals surface area (Å²) in [5, 5.41) is 11.1. The molecule has 0 amide bonds. The van der Waals surface area contributed by atoms with E-state index >= 15 is 0 Å². The van der Waals surface area contributed by atoms with Crippen LogP contribution in [0.1, 0.15) is 55.2 Å². The molecule has 4 bridgehead atoms. The first-order valence-electron chi connectivity index (χ1n) is 12.6. The number of nitrogens with zero attached hydrogens (tertiary/aromatic N) is 2. The van der Waals surface area contributed by atoms with Crippen molar-refractivity contribution in [3.63, 3.8) is 0 Å². The van der Waals surface area contributed by atoms with Crippen molar-refractivity contribution >= 4 is 39.5 Å². The molecule has 4 aliphatic carbocycles. The third-order valence-corrected chi connectivity index (χ3v) is 9.30. The SMILES string of the molecule is O=c1[nH]c(=O)n(-c2ccc(C34CC5CC(CC(C5)C3)C4)cc2)c(O)c1/C=C1/C=Nc2ccc(Br)cc21. The lowest BCUT2D eigenvalue weighted by Crippen LogP contribution is -2.48. The van der Waals surface area contributed by atoms with Crippen LogP contribution in [0.3, 0.4) is 0 Å². The Balaban J connectivity index is 1.27. The number of aliphatic imine (C=N–C) groups is 1. The second-order valence-electron chi connectivity index (χ2n) is 11.1. The summed E-state index contributed by atoms with van der Waals surface area (Å²) in [4.78, 5) is 32.3. The Morgan fingerprint density at radius 1 is 1.00 bits per heavy atom. The maximum atomic E-state index is 12.8. The first kappa shape index (κ1) is 22.0. The quantitative estimate of drug-likeness (QED) is 0.443. The minimum atomic E-state index is -0.662. The molecule has 1 aromatic heterocycles. The molecule has 182 valence electrons. The predicted octanol–water partition coefficient (Wildman–Crippen LogP) is 5.72. The number of rotatable bonds is 3. The third kappa shape index (κ3) is 3.39. The number of nitrogens with one attached hydrogen (secondary N) is 1. The lowest BCUT2D eigenvalue weighted by molar-refractivity contribution is -0.00518. The van der Waals surface area contributed by atoms with Crippen molar-refractivity contribution in [2.24, 2.45) is 22.7 Å². The number of fused-ring (bicyclic) bond motifs is 1. The van der Waals surface area contributed by atoms with E-state index in [-0.39, 0.29) is 16.9 Å².